The minimum atomic E-state index is -0.204. The molecule has 0 spiro atoms. The molecule has 94 valence electrons. The lowest BCUT2D eigenvalue weighted by Crippen LogP contribution is -2.20. The molecule has 0 aliphatic heterocycles. The normalized spacial score (nSPS) is 17.0. The second-order valence-electron chi connectivity index (χ2n) is 4.54. The van der Waals surface area contributed by atoms with Crippen LogP contribution in [0.3, 0.4) is 0 Å². The molecule has 0 radical (unpaired) electrons. The maximum absolute atomic E-state index is 13.3. The van der Waals surface area contributed by atoms with Gasteiger partial charge in [0.2, 0.25) is 0 Å². The number of benzene rings is 1. The van der Waals surface area contributed by atoms with Crippen LogP contribution < -0.4 is 5.32 Å². The monoisotopic (exact) mass is 237 g/mol. The zero-order chi connectivity index (χ0) is 11.9. The van der Waals surface area contributed by atoms with Crippen molar-refractivity contribution >= 4 is 5.69 Å². The fourth-order valence-electron chi connectivity index (χ4n) is 2.25. The maximum Gasteiger partial charge on any atom is 0.146 e. The van der Waals surface area contributed by atoms with Gasteiger partial charge in [0.15, 0.2) is 0 Å². The van der Waals surface area contributed by atoms with Crippen LogP contribution in [0, 0.1) is 5.82 Å². The van der Waals surface area contributed by atoms with E-state index in [9.17, 15) is 4.39 Å². The lowest BCUT2D eigenvalue weighted by Gasteiger charge is -2.22. The summed E-state index contributed by atoms with van der Waals surface area (Å²) in [5.41, 5.74) is 0.555. The Bertz CT molecular complexity index is 337. The van der Waals surface area contributed by atoms with E-state index in [1.807, 2.05) is 6.07 Å². The number of para-hydroxylation sites is 1. The number of nitrogens with one attached hydrogen (secondary N) is 1. The average Bonchev–Trinajstić information content (AvgIpc) is 2.38. The smallest absolute Gasteiger partial charge is 0.146 e. The van der Waals surface area contributed by atoms with Crippen LogP contribution in [0.15, 0.2) is 24.3 Å². The Morgan fingerprint density at radius 1 is 1.18 bits per heavy atom. The first kappa shape index (κ1) is 12.4. The van der Waals surface area contributed by atoms with Crippen LogP contribution in [0.25, 0.3) is 0 Å². The van der Waals surface area contributed by atoms with Gasteiger partial charge in [-0.3, -0.25) is 0 Å². The van der Waals surface area contributed by atoms with E-state index in [-0.39, 0.29) is 5.82 Å². The predicted molar refractivity (Wildman–Crippen MR) is 67.7 cm³/mol. The molecule has 0 atom stereocenters. The van der Waals surface area contributed by atoms with E-state index in [1.165, 1.54) is 38.2 Å². The van der Waals surface area contributed by atoms with E-state index in [2.05, 4.69) is 5.32 Å². The van der Waals surface area contributed by atoms with Crippen LogP contribution in [-0.4, -0.2) is 19.3 Å². The average molecular weight is 237 g/mol. The van der Waals surface area contributed by atoms with Gasteiger partial charge in [0, 0.05) is 6.54 Å². The van der Waals surface area contributed by atoms with Gasteiger partial charge in [0.25, 0.3) is 0 Å². The highest BCUT2D eigenvalue weighted by atomic mass is 19.1. The Morgan fingerprint density at radius 2 is 1.94 bits per heavy atom. The molecule has 1 aliphatic carbocycles. The van der Waals surface area contributed by atoms with Gasteiger partial charge >= 0.3 is 0 Å². The zero-order valence-corrected chi connectivity index (χ0v) is 10.1. The highest BCUT2D eigenvalue weighted by molar-refractivity contribution is 5.44. The fraction of sp³-hybridized carbons (Fsp3) is 0.571. The molecule has 1 aromatic rings. The van der Waals surface area contributed by atoms with Crippen LogP contribution in [-0.2, 0) is 4.74 Å². The van der Waals surface area contributed by atoms with E-state index in [0.29, 0.717) is 24.9 Å². The van der Waals surface area contributed by atoms with Crippen molar-refractivity contribution in [2.45, 2.75) is 38.2 Å². The topological polar surface area (TPSA) is 21.3 Å². The summed E-state index contributed by atoms with van der Waals surface area (Å²) in [6, 6.07) is 6.73. The van der Waals surface area contributed by atoms with E-state index in [1.54, 1.807) is 12.1 Å². The van der Waals surface area contributed by atoms with Gasteiger partial charge < -0.3 is 10.1 Å². The number of ether oxygens (including phenoxy) is 1. The molecule has 0 heterocycles. The number of halogens is 1. The van der Waals surface area contributed by atoms with Gasteiger partial charge in [0.1, 0.15) is 5.82 Å². The Labute approximate surface area is 102 Å². The number of hydrogen-bond acceptors (Lipinski definition) is 2. The number of rotatable bonds is 5. The van der Waals surface area contributed by atoms with Crippen molar-refractivity contribution in [2.24, 2.45) is 0 Å². The van der Waals surface area contributed by atoms with E-state index in [0.717, 1.165) is 0 Å². The van der Waals surface area contributed by atoms with E-state index in [4.69, 9.17) is 4.74 Å². The standard InChI is InChI=1S/C14H20FNO/c15-13-8-4-5-9-14(13)16-10-11-17-12-6-2-1-3-7-12/h4-5,8-9,12,16H,1-3,6-7,10-11H2. The first-order chi connectivity index (χ1) is 8.36. The van der Waals surface area contributed by atoms with Crippen LogP contribution in [0.5, 0.6) is 0 Å². The lowest BCUT2D eigenvalue weighted by atomic mass is 9.98. The Hall–Kier alpha value is -1.09. The van der Waals surface area contributed by atoms with Crippen molar-refractivity contribution < 1.29 is 9.13 Å². The van der Waals surface area contributed by atoms with Crippen LogP contribution >= 0.6 is 0 Å². The molecule has 1 aliphatic rings. The lowest BCUT2D eigenvalue weighted by molar-refractivity contribution is 0.0347. The largest absolute Gasteiger partial charge is 0.380 e. The van der Waals surface area contributed by atoms with Gasteiger partial charge in [0.05, 0.1) is 18.4 Å². The molecule has 1 fully saturated rings. The number of hydrogen-bond donors (Lipinski definition) is 1. The summed E-state index contributed by atoms with van der Waals surface area (Å²) in [4.78, 5) is 0. The molecule has 0 amide bonds. The fourth-order valence-corrected chi connectivity index (χ4v) is 2.25. The third kappa shape index (κ3) is 4.00. The first-order valence-electron chi connectivity index (χ1n) is 6.46. The van der Waals surface area contributed by atoms with Crippen molar-refractivity contribution in [2.75, 3.05) is 18.5 Å². The second-order valence-corrected chi connectivity index (χ2v) is 4.54. The van der Waals surface area contributed by atoms with Crippen LogP contribution in [0.4, 0.5) is 10.1 Å². The van der Waals surface area contributed by atoms with Gasteiger partial charge in [-0.2, -0.15) is 0 Å². The molecule has 1 N–H and O–H groups in total. The molecule has 0 saturated heterocycles. The van der Waals surface area contributed by atoms with Crippen molar-refractivity contribution in [1.82, 2.24) is 0 Å². The van der Waals surface area contributed by atoms with Crippen molar-refractivity contribution in [3.05, 3.63) is 30.1 Å². The number of anilines is 1. The quantitative estimate of drug-likeness (QED) is 0.790. The summed E-state index contributed by atoms with van der Waals surface area (Å²) >= 11 is 0. The van der Waals surface area contributed by atoms with E-state index < -0.39 is 0 Å². The highest BCUT2D eigenvalue weighted by Crippen LogP contribution is 2.20. The molecule has 0 unspecified atom stereocenters. The second kappa shape index (κ2) is 6.60. The van der Waals surface area contributed by atoms with Gasteiger partial charge in [-0.1, -0.05) is 31.4 Å². The summed E-state index contributed by atoms with van der Waals surface area (Å²) in [5.74, 6) is -0.204. The van der Waals surface area contributed by atoms with Crippen molar-refractivity contribution in [1.29, 1.82) is 0 Å². The summed E-state index contributed by atoms with van der Waals surface area (Å²) < 4.78 is 19.0. The Kier molecular flexibility index (Phi) is 4.80. The molecule has 0 aromatic heterocycles. The highest BCUT2D eigenvalue weighted by Gasteiger charge is 2.12. The molecular formula is C14H20FNO. The van der Waals surface area contributed by atoms with Gasteiger partial charge in [-0.05, 0) is 25.0 Å². The molecule has 2 rings (SSSR count). The third-order valence-corrected chi connectivity index (χ3v) is 3.20. The summed E-state index contributed by atoms with van der Waals surface area (Å²) in [6.07, 6.45) is 6.69. The summed E-state index contributed by atoms with van der Waals surface area (Å²) in [5, 5.41) is 3.05. The van der Waals surface area contributed by atoms with Crippen molar-refractivity contribution in [3.63, 3.8) is 0 Å². The predicted octanol–water partition coefficient (Wildman–Crippen LogP) is 3.59. The molecule has 1 aromatic carbocycles. The Balaban J connectivity index is 1.64. The minimum absolute atomic E-state index is 0.204. The molecule has 17 heavy (non-hydrogen) atoms. The molecule has 0 bridgehead atoms. The van der Waals surface area contributed by atoms with E-state index >= 15 is 0 Å². The van der Waals surface area contributed by atoms with Crippen molar-refractivity contribution in [3.8, 4) is 0 Å². The SMILES string of the molecule is Fc1ccccc1NCCOC1CCCCC1. The zero-order valence-electron chi connectivity index (χ0n) is 10.1. The van der Waals surface area contributed by atoms with Crippen LogP contribution in [0.2, 0.25) is 0 Å². The van der Waals surface area contributed by atoms with Crippen LogP contribution in [0.1, 0.15) is 32.1 Å². The Morgan fingerprint density at radius 3 is 2.71 bits per heavy atom. The molecule has 1 saturated carbocycles. The minimum Gasteiger partial charge on any atom is -0.380 e. The summed E-state index contributed by atoms with van der Waals surface area (Å²) in [6.45, 7) is 1.32. The molecular weight excluding hydrogens is 217 g/mol. The summed E-state index contributed by atoms with van der Waals surface area (Å²) in [7, 11) is 0. The maximum atomic E-state index is 13.3. The molecule has 2 nitrogen and oxygen atoms in total. The first-order valence-corrected chi connectivity index (χ1v) is 6.46. The molecule has 3 heteroatoms. The van der Waals surface area contributed by atoms with Gasteiger partial charge in [-0.25, -0.2) is 4.39 Å². The third-order valence-electron chi connectivity index (χ3n) is 3.20. The van der Waals surface area contributed by atoms with Gasteiger partial charge in [-0.15, -0.1) is 0 Å².